The molecule has 18 nitrogen and oxygen atoms in total. The van der Waals surface area contributed by atoms with Gasteiger partial charge in [-0.05, 0) is 33.2 Å². The standard InChI is InChI=1S/C26H52N6O12/c1-26(40)10-41-25(19(39)22(26)30-2)44-21-14(32-23(29)17(37)16(36)15(35)9-34)7-13(28)20(18(21)38)43-24-12(27)4-3-11(42-24)8-31-5-6-33/h11-22,24-25,30-31,33-40H,3-10,27-28H2,1-2H3,(H2,29,32)/t11-,12?,13-,14+,15?,16?,17?,18?,19?,20?,21?,22+,24+,25+,26?/m0/s1. The summed E-state index contributed by atoms with van der Waals surface area (Å²) in [6.45, 7) is 1.18. The van der Waals surface area contributed by atoms with Crippen LogP contribution in [0.25, 0.3) is 0 Å². The van der Waals surface area contributed by atoms with E-state index in [1.165, 1.54) is 6.92 Å². The number of likely N-dealkylation sites (N-methyl/N-ethyl adjacent to an activating group) is 1. The van der Waals surface area contributed by atoms with Crippen LogP contribution in [0.3, 0.4) is 0 Å². The van der Waals surface area contributed by atoms with E-state index in [0.717, 1.165) is 0 Å². The van der Waals surface area contributed by atoms with Gasteiger partial charge >= 0.3 is 0 Å². The maximum absolute atomic E-state index is 11.6. The monoisotopic (exact) mass is 640 g/mol. The normalized spacial score (nSPS) is 42.0. The van der Waals surface area contributed by atoms with E-state index in [1.807, 2.05) is 0 Å². The average Bonchev–Trinajstić information content (AvgIpc) is 2.98. The van der Waals surface area contributed by atoms with Crippen LogP contribution in [-0.2, 0) is 18.9 Å². The van der Waals surface area contributed by atoms with Crippen LogP contribution < -0.4 is 27.4 Å². The van der Waals surface area contributed by atoms with Gasteiger partial charge in [0.05, 0.1) is 44.1 Å². The molecule has 16 N–H and O–H groups in total. The molecule has 3 fully saturated rings. The van der Waals surface area contributed by atoms with Crippen molar-refractivity contribution < 1.29 is 59.8 Å². The van der Waals surface area contributed by atoms with Gasteiger partial charge in [0.2, 0.25) is 0 Å². The van der Waals surface area contributed by atoms with E-state index in [1.54, 1.807) is 7.05 Å². The molecule has 0 aromatic heterocycles. The Balaban J connectivity index is 1.81. The lowest BCUT2D eigenvalue weighted by atomic mass is 9.83. The van der Waals surface area contributed by atoms with E-state index in [-0.39, 0.29) is 25.7 Å². The van der Waals surface area contributed by atoms with Crippen molar-refractivity contribution in [1.82, 2.24) is 16.0 Å². The first kappa shape index (κ1) is 37.3. The zero-order valence-electron chi connectivity index (χ0n) is 25.1. The van der Waals surface area contributed by atoms with Crippen molar-refractivity contribution in [3.8, 4) is 0 Å². The third-order valence-electron chi connectivity index (χ3n) is 8.44. The Morgan fingerprint density at radius 3 is 2.36 bits per heavy atom. The minimum atomic E-state index is -1.94. The fourth-order valence-electron chi connectivity index (χ4n) is 5.89. The third-order valence-corrected chi connectivity index (χ3v) is 8.44. The zero-order valence-corrected chi connectivity index (χ0v) is 25.1. The molecule has 44 heavy (non-hydrogen) atoms. The predicted molar refractivity (Wildman–Crippen MR) is 153 cm³/mol. The van der Waals surface area contributed by atoms with Gasteiger partial charge in [0.25, 0.3) is 0 Å². The molecule has 0 radical (unpaired) electrons. The summed E-state index contributed by atoms with van der Waals surface area (Å²) < 4.78 is 23.9. The van der Waals surface area contributed by atoms with Crippen LogP contribution in [0.15, 0.2) is 0 Å². The van der Waals surface area contributed by atoms with Crippen molar-refractivity contribution in [2.24, 2.45) is 11.5 Å². The number of hydrogen-bond donors (Lipinski definition) is 14. The van der Waals surface area contributed by atoms with Crippen LogP contribution in [0, 0.1) is 5.41 Å². The highest BCUT2D eigenvalue weighted by Crippen LogP contribution is 2.32. The van der Waals surface area contributed by atoms with Crippen LogP contribution in [0.2, 0.25) is 0 Å². The largest absolute Gasteiger partial charge is 0.395 e. The quantitative estimate of drug-likeness (QED) is 0.0476. The molecule has 258 valence electrons. The van der Waals surface area contributed by atoms with Crippen LogP contribution in [0.4, 0.5) is 0 Å². The molecule has 0 aromatic rings. The van der Waals surface area contributed by atoms with Crippen LogP contribution in [-0.4, -0.2) is 178 Å². The SMILES string of the molecule is CN[C@@H]1C(O)[C@@H](OC2C(O)C(O[C@H]3O[C@H](CNCCO)CCC3N)[C@@H](N)C[C@H]2NC(=N)C(O)C(O)C(O)CO)OCC1(C)O. The minimum Gasteiger partial charge on any atom is -0.395 e. The van der Waals surface area contributed by atoms with Crippen molar-refractivity contribution in [2.45, 2.75) is 117 Å². The molecule has 2 aliphatic heterocycles. The maximum Gasteiger partial charge on any atom is 0.185 e. The van der Waals surface area contributed by atoms with Crippen molar-refractivity contribution in [3.05, 3.63) is 0 Å². The summed E-state index contributed by atoms with van der Waals surface area (Å²) in [5, 5.41) is 98.5. The molecular formula is C26H52N6O12. The second-order valence-electron chi connectivity index (χ2n) is 12.0. The van der Waals surface area contributed by atoms with Gasteiger partial charge in [-0.1, -0.05) is 0 Å². The summed E-state index contributed by atoms with van der Waals surface area (Å²) in [6, 6.07) is -3.30. The number of nitrogens with two attached hydrogens (primary N) is 2. The Morgan fingerprint density at radius 1 is 1.05 bits per heavy atom. The second-order valence-corrected chi connectivity index (χ2v) is 12.0. The van der Waals surface area contributed by atoms with Gasteiger partial charge in [0.1, 0.15) is 54.2 Å². The predicted octanol–water partition coefficient (Wildman–Crippen LogP) is -6.67. The number of aliphatic hydroxyl groups is 8. The number of aliphatic hydroxyl groups excluding tert-OH is 7. The van der Waals surface area contributed by atoms with Crippen LogP contribution in [0.5, 0.6) is 0 Å². The smallest absolute Gasteiger partial charge is 0.185 e. The molecule has 15 atom stereocenters. The summed E-state index contributed by atoms with van der Waals surface area (Å²) in [4.78, 5) is 0. The lowest BCUT2D eigenvalue weighted by Crippen LogP contribution is -2.69. The van der Waals surface area contributed by atoms with Gasteiger partial charge in [0.15, 0.2) is 12.6 Å². The first-order valence-electron chi connectivity index (χ1n) is 14.9. The van der Waals surface area contributed by atoms with Crippen LogP contribution in [0.1, 0.15) is 26.2 Å². The van der Waals surface area contributed by atoms with Gasteiger partial charge < -0.3 is 87.2 Å². The van der Waals surface area contributed by atoms with E-state index in [4.69, 9.17) is 46.0 Å². The summed E-state index contributed by atoms with van der Waals surface area (Å²) in [5.41, 5.74) is 11.3. The van der Waals surface area contributed by atoms with Gasteiger partial charge in [-0.25, -0.2) is 0 Å². The van der Waals surface area contributed by atoms with E-state index in [2.05, 4.69) is 16.0 Å². The van der Waals surface area contributed by atoms with E-state index in [0.29, 0.717) is 25.9 Å². The summed E-state index contributed by atoms with van der Waals surface area (Å²) >= 11 is 0. The highest BCUT2D eigenvalue weighted by molar-refractivity contribution is 5.84. The molecule has 3 aliphatic rings. The summed E-state index contributed by atoms with van der Waals surface area (Å²) in [5.74, 6) is -0.653. The number of hydrogen-bond acceptors (Lipinski definition) is 17. The highest BCUT2D eigenvalue weighted by Gasteiger charge is 2.52. The number of ether oxygens (including phenoxy) is 4. The molecule has 0 bridgehead atoms. The molecule has 2 heterocycles. The van der Waals surface area contributed by atoms with Crippen molar-refractivity contribution in [3.63, 3.8) is 0 Å². The molecule has 1 saturated carbocycles. The van der Waals surface area contributed by atoms with E-state index >= 15 is 0 Å². The third kappa shape index (κ3) is 9.00. The molecular weight excluding hydrogens is 588 g/mol. The molecule has 0 spiro atoms. The average molecular weight is 641 g/mol. The van der Waals surface area contributed by atoms with E-state index < -0.39 is 97.5 Å². The molecule has 18 heteroatoms. The molecule has 0 amide bonds. The number of amidine groups is 1. The zero-order chi connectivity index (χ0) is 32.8. The summed E-state index contributed by atoms with van der Waals surface area (Å²) in [6.07, 6.45) is -12.3. The maximum atomic E-state index is 11.6. The topological polar surface area (TPSA) is 311 Å². The number of nitrogens with one attached hydrogen (secondary N) is 4. The molecule has 2 saturated heterocycles. The summed E-state index contributed by atoms with van der Waals surface area (Å²) in [7, 11) is 1.54. The van der Waals surface area contributed by atoms with E-state index in [9.17, 15) is 30.6 Å². The van der Waals surface area contributed by atoms with Gasteiger partial charge in [0, 0.05) is 19.1 Å². The molecule has 0 aromatic carbocycles. The first-order valence-corrected chi connectivity index (χ1v) is 14.9. The lowest BCUT2D eigenvalue weighted by Gasteiger charge is -2.49. The van der Waals surface area contributed by atoms with Gasteiger partial charge in [-0.3, -0.25) is 5.41 Å². The van der Waals surface area contributed by atoms with Crippen molar-refractivity contribution >= 4 is 5.84 Å². The first-order chi connectivity index (χ1) is 20.7. The Morgan fingerprint density at radius 2 is 1.73 bits per heavy atom. The van der Waals surface area contributed by atoms with Crippen molar-refractivity contribution in [2.75, 3.05) is 40.0 Å². The fraction of sp³-hybridized carbons (Fsp3) is 0.962. The Bertz CT molecular complexity index is 894. The molecule has 3 rings (SSSR count). The van der Waals surface area contributed by atoms with Crippen molar-refractivity contribution in [1.29, 1.82) is 5.41 Å². The fourth-order valence-corrected chi connectivity index (χ4v) is 5.89. The molecule has 9 unspecified atom stereocenters. The lowest BCUT2D eigenvalue weighted by molar-refractivity contribution is -0.307. The Labute approximate surface area is 256 Å². The Hall–Kier alpha value is -1.17. The highest BCUT2D eigenvalue weighted by atomic mass is 16.7. The van der Waals surface area contributed by atoms with Crippen LogP contribution >= 0.6 is 0 Å². The Kier molecular flexibility index (Phi) is 14.1. The molecule has 1 aliphatic carbocycles. The van der Waals surface area contributed by atoms with Gasteiger partial charge in [-0.15, -0.1) is 0 Å². The number of rotatable bonds is 14. The van der Waals surface area contributed by atoms with Gasteiger partial charge in [-0.2, -0.15) is 0 Å². The minimum absolute atomic E-state index is 0.0143. The second kappa shape index (κ2) is 16.6.